The van der Waals surface area contributed by atoms with E-state index in [1.165, 1.54) is 6.07 Å². The fraction of sp³-hybridized carbons (Fsp3) is 0. The minimum atomic E-state index is -0.284. The van der Waals surface area contributed by atoms with Crippen molar-refractivity contribution in [1.82, 2.24) is 9.97 Å². The van der Waals surface area contributed by atoms with Gasteiger partial charge in [-0.1, -0.05) is 36.4 Å². The molecule has 94 valence electrons. The highest BCUT2D eigenvalue weighted by atomic mass is 19.1. The predicted octanol–water partition coefficient (Wildman–Crippen LogP) is 3.97. The lowest BCUT2D eigenvalue weighted by molar-refractivity contribution is 0.626. The van der Waals surface area contributed by atoms with Gasteiger partial charge in [-0.05, 0) is 24.3 Å². The minimum absolute atomic E-state index is 0.284. The molecule has 2 nitrogen and oxygen atoms in total. The average Bonchev–Trinajstić information content (AvgIpc) is 2.51. The van der Waals surface area contributed by atoms with Crippen LogP contribution in [0.3, 0.4) is 0 Å². The molecule has 2 heterocycles. The third-order valence-corrected chi connectivity index (χ3v) is 2.37. The molecule has 0 unspecified atom stereocenters. The number of hydrogen-bond acceptors (Lipinski definition) is 2. The van der Waals surface area contributed by atoms with Crippen molar-refractivity contribution in [2.45, 2.75) is 0 Å². The summed E-state index contributed by atoms with van der Waals surface area (Å²) in [5.41, 5.74) is 1.21. The SMILES string of the molecule is Fc1cccnc1-c1ccccc1.c1ccncc1. The van der Waals surface area contributed by atoms with Crippen LogP contribution in [0.5, 0.6) is 0 Å². The van der Waals surface area contributed by atoms with E-state index in [1.54, 1.807) is 24.7 Å². The Hall–Kier alpha value is -2.55. The largest absolute Gasteiger partial charge is 0.265 e. The second-order valence-corrected chi connectivity index (χ2v) is 3.72. The summed E-state index contributed by atoms with van der Waals surface area (Å²) in [6.45, 7) is 0. The van der Waals surface area contributed by atoms with E-state index in [1.807, 2.05) is 48.5 Å². The molecule has 0 bridgehead atoms. The molecule has 3 heteroatoms. The van der Waals surface area contributed by atoms with E-state index in [-0.39, 0.29) is 5.82 Å². The Bertz CT molecular complexity index is 571. The van der Waals surface area contributed by atoms with Crippen molar-refractivity contribution in [2.75, 3.05) is 0 Å². The number of aromatic nitrogens is 2. The van der Waals surface area contributed by atoms with Crippen molar-refractivity contribution in [3.8, 4) is 11.3 Å². The van der Waals surface area contributed by atoms with E-state index in [9.17, 15) is 4.39 Å². The van der Waals surface area contributed by atoms with Gasteiger partial charge in [0.25, 0.3) is 0 Å². The van der Waals surface area contributed by atoms with Gasteiger partial charge in [-0.15, -0.1) is 0 Å². The maximum atomic E-state index is 13.2. The van der Waals surface area contributed by atoms with E-state index in [2.05, 4.69) is 9.97 Å². The molecule has 0 aliphatic heterocycles. The van der Waals surface area contributed by atoms with Crippen LogP contribution in [-0.2, 0) is 0 Å². The number of pyridine rings is 2. The first-order valence-corrected chi connectivity index (χ1v) is 5.89. The van der Waals surface area contributed by atoms with Crippen LogP contribution in [0.2, 0.25) is 0 Å². The number of benzene rings is 1. The Balaban J connectivity index is 0.000000186. The van der Waals surface area contributed by atoms with Crippen molar-refractivity contribution in [3.63, 3.8) is 0 Å². The molecule has 0 spiro atoms. The van der Waals surface area contributed by atoms with Crippen LogP contribution in [-0.4, -0.2) is 9.97 Å². The van der Waals surface area contributed by atoms with Gasteiger partial charge in [0.15, 0.2) is 0 Å². The fourth-order valence-corrected chi connectivity index (χ4v) is 1.51. The van der Waals surface area contributed by atoms with Crippen molar-refractivity contribution < 1.29 is 4.39 Å². The van der Waals surface area contributed by atoms with Crippen molar-refractivity contribution in [1.29, 1.82) is 0 Å². The van der Waals surface area contributed by atoms with Crippen molar-refractivity contribution >= 4 is 0 Å². The first-order chi connectivity index (χ1) is 9.38. The minimum Gasteiger partial charge on any atom is -0.265 e. The standard InChI is InChI=1S/C11H8FN.C5H5N/c12-10-7-4-8-13-11(10)9-5-2-1-3-6-9;1-2-4-6-5-3-1/h1-8H;1-5H. The van der Waals surface area contributed by atoms with Crippen molar-refractivity contribution in [2.24, 2.45) is 0 Å². The molecule has 19 heavy (non-hydrogen) atoms. The summed E-state index contributed by atoms with van der Waals surface area (Å²) >= 11 is 0. The molecule has 0 N–H and O–H groups in total. The number of rotatable bonds is 1. The summed E-state index contributed by atoms with van der Waals surface area (Å²) in [7, 11) is 0. The molecule has 0 radical (unpaired) electrons. The summed E-state index contributed by atoms with van der Waals surface area (Å²) in [6, 6.07) is 18.0. The zero-order chi connectivity index (χ0) is 13.3. The second kappa shape index (κ2) is 7.01. The van der Waals surface area contributed by atoms with Gasteiger partial charge in [0.1, 0.15) is 11.5 Å². The van der Waals surface area contributed by atoms with Gasteiger partial charge in [0, 0.05) is 24.2 Å². The molecular formula is C16H13FN2. The molecule has 1 aromatic carbocycles. The Labute approximate surface area is 111 Å². The van der Waals surface area contributed by atoms with Gasteiger partial charge >= 0.3 is 0 Å². The molecule has 0 atom stereocenters. The van der Waals surface area contributed by atoms with Gasteiger partial charge in [0.05, 0.1) is 0 Å². The van der Waals surface area contributed by atoms with Crippen LogP contribution in [0.4, 0.5) is 4.39 Å². The predicted molar refractivity (Wildman–Crippen MR) is 73.9 cm³/mol. The highest BCUT2D eigenvalue weighted by molar-refractivity contribution is 5.58. The Morgan fingerprint density at radius 2 is 1.37 bits per heavy atom. The third-order valence-electron chi connectivity index (χ3n) is 2.37. The summed E-state index contributed by atoms with van der Waals surface area (Å²) < 4.78 is 13.2. The van der Waals surface area contributed by atoms with Gasteiger partial charge < -0.3 is 0 Å². The summed E-state index contributed by atoms with van der Waals surface area (Å²) in [5, 5.41) is 0. The molecule has 2 aromatic heterocycles. The Morgan fingerprint density at radius 1 is 0.684 bits per heavy atom. The van der Waals surface area contributed by atoms with Gasteiger partial charge in [-0.25, -0.2) is 4.39 Å². The topological polar surface area (TPSA) is 25.8 Å². The van der Waals surface area contributed by atoms with E-state index in [0.29, 0.717) is 5.69 Å². The molecule has 0 saturated heterocycles. The molecular weight excluding hydrogens is 239 g/mol. The monoisotopic (exact) mass is 252 g/mol. The van der Waals surface area contributed by atoms with Gasteiger partial charge in [-0.2, -0.15) is 0 Å². The zero-order valence-electron chi connectivity index (χ0n) is 10.3. The van der Waals surface area contributed by atoms with Crippen LogP contribution in [0.1, 0.15) is 0 Å². The smallest absolute Gasteiger partial charge is 0.149 e. The number of halogens is 1. The first kappa shape index (κ1) is 12.9. The highest BCUT2D eigenvalue weighted by Gasteiger charge is 2.03. The van der Waals surface area contributed by atoms with E-state index in [0.717, 1.165) is 5.56 Å². The maximum absolute atomic E-state index is 13.2. The third kappa shape index (κ3) is 4.00. The molecule has 3 aromatic rings. The van der Waals surface area contributed by atoms with Crippen LogP contribution >= 0.6 is 0 Å². The van der Waals surface area contributed by atoms with Crippen LogP contribution in [0, 0.1) is 5.82 Å². The molecule has 0 saturated carbocycles. The van der Waals surface area contributed by atoms with Crippen LogP contribution in [0.15, 0.2) is 79.3 Å². The first-order valence-electron chi connectivity index (χ1n) is 5.89. The Kier molecular flexibility index (Phi) is 4.76. The molecule has 0 fully saturated rings. The number of nitrogens with zero attached hydrogens (tertiary/aromatic N) is 2. The summed E-state index contributed by atoms with van der Waals surface area (Å²) in [5.74, 6) is -0.284. The lowest BCUT2D eigenvalue weighted by Crippen LogP contribution is -1.86. The van der Waals surface area contributed by atoms with Gasteiger partial charge in [0.2, 0.25) is 0 Å². The average molecular weight is 252 g/mol. The lowest BCUT2D eigenvalue weighted by atomic mass is 10.1. The fourth-order valence-electron chi connectivity index (χ4n) is 1.51. The van der Waals surface area contributed by atoms with E-state index >= 15 is 0 Å². The highest BCUT2D eigenvalue weighted by Crippen LogP contribution is 2.18. The molecule has 0 aliphatic carbocycles. The van der Waals surface area contributed by atoms with Gasteiger partial charge in [-0.3, -0.25) is 9.97 Å². The maximum Gasteiger partial charge on any atom is 0.149 e. The molecule has 3 rings (SSSR count). The number of hydrogen-bond donors (Lipinski definition) is 0. The van der Waals surface area contributed by atoms with Crippen LogP contribution in [0.25, 0.3) is 11.3 Å². The quantitative estimate of drug-likeness (QED) is 0.655. The normalized spacial score (nSPS) is 9.32. The molecule has 0 aliphatic rings. The van der Waals surface area contributed by atoms with E-state index in [4.69, 9.17) is 0 Å². The van der Waals surface area contributed by atoms with Crippen molar-refractivity contribution in [3.05, 3.63) is 85.1 Å². The summed E-state index contributed by atoms with van der Waals surface area (Å²) in [6.07, 6.45) is 5.09. The Morgan fingerprint density at radius 3 is 1.89 bits per heavy atom. The molecule has 0 amide bonds. The van der Waals surface area contributed by atoms with E-state index < -0.39 is 0 Å². The van der Waals surface area contributed by atoms with Crippen LogP contribution < -0.4 is 0 Å². The zero-order valence-corrected chi connectivity index (χ0v) is 10.3. The lowest BCUT2D eigenvalue weighted by Gasteiger charge is -2.00. The second-order valence-electron chi connectivity index (χ2n) is 3.72. The summed E-state index contributed by atoms with van der Waals surface area (Å²) in [4.78, 5) is 7.76.